The van der Waals surface area contributed by atoms with E-state index in [1.165, 1.54) is 6.20 Å². The molecule has 0 radical (unpaired) electrons. The zero-order valence-corrected chi connectivity index (χ0v) is 11.4. The fourth-order valence-electron chi connectivity index (χ4n) is 2.18. The highest BCUT2D eigenvalue weighted by atomic mass is 16.6. The van der Waals surface area contributed by atoms with Crippen LogP contribution in [0.15, 0.2) is 30.5 Å². The summed E-state index contributed by atoms with van der Waals surface area (Å²) in [5.74, 6) is 0.736. The number of hydrogen-bond acceptors (Lipinski definition) is 5. The Hall–Kier alpha value is -2.63. The van der Waals surface area contributed by atoms with Gasteiger partial charge in [0.15, 0.2) is 23.4 Å². The summed E-state index contributed by atoms with van der Waals surface area (Å²) >= 11 is 0. The Morgan fingerprint density at radius 1 is 1.38 bits per heavy atom. The molecule has 2 heterocycles. The van der Waals surface area contributed by atoms with Crippen LogP contribution in [0.5, 0.6) is 11.5 Å². The van der Waals surface area contributed by atoms with Gasteiger partial charge in [0.25, 0.3) is 0 Å². The summed E-state index contributed by atoms with van der Waals surface area (Å²) in [6.45, 7) is 2.15. The van der Waals surface area contributed by atoms with E-state index < -0.39 is 12.1 Å². The van der Waals surface area contributed by atoms with Gasteiger partial charge in [-0.15, -0.1) is 0 Å². The lowest BCUT2D eigenvalue weighted by Crippen LogP contribution is -2.24. The summed E-state index contributed by atoms with van der Waals surface area (Å²) < 4.78 is 11.4. The molecule has 108 valence electrons. The Labute approximate surface area is 121 Å². The zero-order chi connectivity index (χ0) is 14.8. The van der Waals surface area contributed by atoms with Crippen LogP contribution in [0.4, 0.5) is 0 Å². The van der Waals surface area contributed by atoms with Crippen molar-refractivity contribution < 1.29 is 19.4 Å². The van der Waals surface area contributed by atoms with Gasteiger partial charge in [-0.3, -0.25) is 0 Å². The highest BCUT2D eigenvalue weighted by Crippen LogP contribution is 2.35. The normalized spacial score (nSPS) is 16.5. The van der Waals surface area contributed by atoms with E-state index in [0.29, 0.717) is 36.0 Å². The molecule has 1 N–H and O–H groups in total. The first-order chi connectivity index (χ1) is 10.2. The first-order valence-corrected chi connectivity index (χ1v) is 6.66. The maximum Gasteiger partial charge on any atom is 0.339 e. The number of para-hydroxylation sites is 2. The van der Waals surface area contributed by atoms with Gasteiger partial charge in [0.2, 0.25) is 0 Å². The predicted octanol–water partition coefficient (Wildman–Crippen LogP) is 2.25. The van der Waals surface area contributed by atoms with Crippen LogP contribution >= 0.6 is 0 Å². The van der Waals surface area contributed by atoms with Crippen molar-refractivity contribution >= 4 is 5.97 Å². The number of carbonyl (C=O) groups is 1. The standard InChI is InChI=1S/C15H14N2O4/c1-2-10-9(15(18)19)7-16-14(17-10)13-8-20-11-5-3-4-6-12(11)21-13/h3-7,13H,2,8H2,1H3,(H,18,19). The Balaban J connectivity index is 1.90. The molecule has 6 heteroatoms. The van der Waals surface area contributed by atoms with E-state index >= 15 is 0 Å². The van der Waals surface area contributed by atoms with Crippen molar-refractivity contribution in [1.82, 2.24) is 9.97 Å². The van der Waals surface area contributed by atoms with E-state index in [4.69, 9.17) is 14.6 Å². The van der Waals surface area contributed by atoms with E-state index in [1.807, 2.05) is 31.2 Å². The molecule has 21 heavy (non-hydrogen) atoms. The van der Waals surface area contributed by atoms with Gasteiger partial charge in [0.05, 0.1) is 11.3 Å². The SMILES string of the molecule is CCc1nc(C2COc3ccccc3O2)ncc1C(=O)O. The summed E-state index contributed by atoms with van der Waals surface area (Å²) in [5, 5.41) is 9.09. The third-order valence-electron chi connectivity index (χ3n) is 3.25. The van der Waals surface area contributed by atoms with Gasteiger partial charge in [-0.1, -0.05) is 19.1 Å². The van der Waals surface area contributed by atoms with Gasteiger partial charge in [0.1, 0.15) is 6.61 Å². The number of nitrogens with zero attached hydrogens (tertiary/aromatic N) is 2. The average Bonchev–Trinajstić information content (AvgIpc) is 2.53. The fraction of sp³-hybridized carbons (Fsp3) is 0.267. The number of aromatic nitrogens is 2. The molecule has 0 bridgehead atoms. The molecule has 1 aromatic carbocycles. The van der Waals surface area contributed by atoms with E-state index in [9.17, 15) is 4.79 Å². The molecular formula is C15H14N2O4. The van der Waals surface area contributed by atoms with Crippen LogP contribution in [-0.2, 0) is 6.42 Å². The van der Waals surface area contributed by atoms with Gasteiger partial charge < -0.3 is 14.6 Å². The van der Waals surface area contributed by atoms with Gasteiger partial charge >= 0.3 is 5.97 Å². The van der Waals surface area contributed by atoms with Gasteiger partial charge in [0, 0.05) is 6.20 Å². The molecule has 1 unspecified atom stereocenters. The minimum Gasteiger partial charge on any atom is -0.485 e. The van der Waals surface area contributed by atoms with E-state index in [2.05, 4.69) is 9.97 Å². The quantitative estimate of drug-likeness (QED) is 0.932. The minimum absolute atomic E-state index is 0.123. The largest absolute Gasteiger partial charge is 0.485 e. The molecule has 0 amide bonds. The first kappa shape index (κ1) is 13.4. The molecule has 0 aliphatic carbocycles. The first-order valence-electron chi connectivity index (χ1n) is 6.66. The molecule has 3 rings (SSSR count). The second-order valence-electron chi connectivity index (χ2n) is 4.61. The van der Waals surface area contributed by atoms with Crippen molar-refractivity contribution in [2.75, 3.05) is 6.61 Å². The highest BCUT2D eigenvalue weighted by molar-refractivity contribution is 5.88. The predicted molar refractivity (Wildman–Crippen MR) is 73.7 cm³/mol. The molecule has 1 aliphatic rings. The van der Waals surface area contributed by atoms with Crippen molar-refractivity contribution in [1.29, 1.82) is 0 Å². The summed E-state index contributed by atoms with van der Waals surface area (Å²) in [7, 11) is 0. The number of benzene rings is 1. The van der Waals surface area contributed by atoms with Gasteiger partial charge in [-0.05, 0) is 18.6 Å². The topological polar surface area (TPSA) is 81.5 Å². The lowest BCUT2D eigenvalue weighted by molar-refractivity contribution is 0.0692. The monoisotopic (exact) mass is 286 g/mol. The Kier molecular flexibility index (Phi) is 3.43. The minimum atomic E-state index is -1.02. The molecule has 1 aliphatic heterocycles. The molecular weight excluding hydrogens is 272 g/mol. The molecule has 1 aromatic heterocycles. The molecule has 1 atom stereocenters. The lowest BCUT2D eigenvalue weighted by atomic mass is 10.2. The molecule has 6 nitrogen and oxygen atoms in total. The molecule has 0 saturated heterocycles. The van der Waals surface area contributed by atoms with Crippen LogP contribution < -0.4 is 9.47 Å². The number of ether oxygens (including phenoxy) is 2. The van der Waals surface area contributed by atoms with Crippen LogP contribution in [-0.4, -0.2) is 27.7 Å². The molecule has 2 aromatic rings. The average molecular weight is 286 g/mol. The summed E-state index contributed by atoms with van der Waals surface area (Å²) in [6.07, 6.45) is 1.40. The summed E-state index contributed by atoms with van der Waals surface area (Å²) in [6, 6.07) is 7.37. The van der Waals surface area contributed by atoms with Crippen LogP contribution in [0.25, 0.3) is 0 Å². The zero-order valence-electron chi connectivity index (χ0n) is 11.4. The van der Waals surface area contributed by atoms with Crippen LogP contribution in [0.1, 0.15) is 34.9 Å². The number of aryl methyl sites for hydroxylation is 1. The number of carboxylic acid groups (broad SMARTS) is 1. The highest BCUT2D eigenvalue weighted by Gasteiger charge is 2.25. The number of aromatic carboxylic acids is 1. The van der Waals surface area contributed by atoms with Crippen molar-refractivity contribution in [3.05, 3.63) is 47.5 Å². The molecule has 0 fully saturated rings. The molecule has 0 saturated carbocycles. The van der Waals surface area contributed by atoms with Crippen LogP contribution in [0.2, 0.25) is 0 Å². The van der Waals surface area contributed by atoms with Crippen LogP contribution in [0.3, 0.4) is 0 Å². The Bertz CT molecular complexity index is 687. The fourth-order valence-corrected chi connectivity index (χ4v) is 2.18. The summed E-state index contributed by atoms with van der Waals surface area (Å²) in [4.78, 5) is 19.5. The second kappa shape index (κ2) is 5.40. The maximum absolute atomic E-state index is 11.1. The van der Waals surface area contributed by atoms with Gasteiger partial charge in [-0.2, -0.15) is 0 Å². The third-order valence-corrected chi connectivity index (χ3v) is 3.25. The Morgan fingerprint density at radius 3 is 2.86 bits per heavy atom. The lowest BCUT2D eigenvalue weighted by Gasteiger charge is -2.25. The second-order valence-corrected chi connectivity index (χ2v) is 4.61. The number of rotatable bonds is 3. The summed E-state index contributed by atoms with van der Waals surface area (Å²) in [5.41, 5.74) is 0.619. The van der Waals surface area contributed by atoms with E-state index in [0.717, 1.165) is 0 Å². The van der Waals surface area contributed by atoms with Crippen molar-refractivity contribution in [3.63, 3.8) is 0 Å². The van der Waals surface area contributed by atoms with Crippen molar-refractivity contribution in [2.45, 2.75) is 19.4 Å². The number of fused-ring (bicyclic) bond motifs is 1. The smallest absolute Gasteiger partial charge is 0.339 e. The number of carboxylic acids is 1. The third kappa shape index (κ3) is 2.52. The Morgan fingerprint density at radius 2 is 2.14 bits per heavy atom. The maximum atomic E-state index is 11.1. The van der Waals surface area contributed by atoms with Crippen molar-refractivity contribution in [2.24, 2.45) is 0 Å². The van der Waals surface area contributed by atoms with E-state index in [1.54, 1.807) is 0 Å². The number of hydrogen-bond donors (Lipinski definition) is 1. The van der Waals surface area contributed by atoms with Crippen molar-refractivity contribution in [3.8, 4) is 11.5 Å². The molecule has 0 spiro atoms. The van der Waals surface area contributed by atoms with Gasteiger partial charge in [-0.25, -0.2) is 14.8 Å². The van der Waals surface area contributed by atoms with Crippen LogP contribution in [0, 0.1) is 0 Å². The van der Waals surface area contributed by atoms with E-state index in [-0.39, 0.29) is 5.56 Å².